The number of hydrogen-bond acceptors (Lipinski definition) is 4. The molecule has 0 bridgehead atoms. The van der Waals surface area contributed by atoms with E-state index in [-0.39, 0.29) is 16.1 Å². The molecule has 20 heavy (non-hydrogen) atoms. The third-order valence-corrected chi connectivity index (χ3v) is 4.69. The van der Waals surface area contributed by atoms with Crippen LogP contribution in [0.1, 0.15) is 25.3 Å². The van der Waals surface area contributed by atoms with Gasteiger partial charge >= 0.3 is 0 Å². The number of nitro benzene ring substituents is 1. The Bertz CT molecular complexity index is 499. The van der Waals surface area contributed by atoms with Gasteiger partial charge in [0.15, 0.2) is 0 Å². The molecule has 1 saturated heterocycles. The van der Waals surface area contributed by atoms with Gasteiger partial charge in [-0.3, -0.25) is 15.0 Å². The predicted molar refractivity (Wildman–Crippen MR) is 82.8 cm³/mol. The molecule has 1 N–H and O–H groups in total. The third kappa shape index (κ3) is 3.56. The van der Waals surface area contributed by atoms with Crippen LogP contribution in [0.25, 0.3) is 0 Å². The lowest BCUT2D eigenvalue weighted by atomic mass is 9.90. The standard InChI is InChI=1S/C14H20BrN3O2/c1-14(16-2)5-7-17(8-6-14)10-11-3-4-12(15)9-13(11)18(19)20/h3-4,9,16H,5-8,10H2,1-2H3. The number of piperidine rings is 1. The van der Waals surface area contributed by atoms with Gasteiger partial charge in [0.1, 0.15) is 0 Å². The van der Waals surface area contributed by atoms with Crippen molar-refractivity contribution in [2.45, 2.75) is 31.8 Å². The van der Waals surface area contributed by atoms with Crippen LogP contribution in [0.5, 0.6) is 0 Å². The first-order chi connectivity index (χ1) is 9.43. The molecule has 1 aliphatic rings. The van der Waals surface area contributed by atoms with Gasteiger partial charge in [-0.1, -0.05) is 15.9 Å². The molecule has 0 atom stereocenters. The maximum absolute atomic E-state index is 11.1. The number of hydrogen-bond donors (Lipinski definition) is 1. The summed E-state index contributed by atoms with van der Waals surface area (Å²) < 4.78 is 0.745. The highest BCUT2D eigenvalue weighted by Crippen LogP contribution is 2.27. The second-order valence-corrected chi connectivity index (χ2v) is 6.53. The van der Waals surface area contributed by atoms with E-state index in [0.29, 0.717) is 6.54 Å². The molecule has 0 unspecified atom stereocenters. The molecule has 1 heterocycles. The third-order valence-electron chi connectivity index (χ3n) is 4.20. The molecular formula is C14H20BrN3O2. The lowest BCUT2D eigenvalue weighted by molar-refractivity contribution is -0.385. The van der Waals surface area contributed by atoms with E-state index < -0.39 is 0 Å². The fourth-order valence-electron chi connectivity index (χ4n) is 2.54. The highest BCUT2D eigenvalue weighted by Gasteiger charge is 2.29. The van der Waals surface area contributed by atoms with Crippen molar-refractivity contribution in [3.63, 3.8) is 0 Å². The Morgan fingerprint density at radius 3 is 2.65 bits per heavy atom. The second-order valence-electron chi connectivity index (χ2n) is 5.62. The summed E-state index contributed by atoms with van der Waals surface area (Å²) in [6.45, 7) is 4.80. The van der Waals surface area contributed by atoms with Crippen molar-refractivity contribution in [2.75, 3.05) is 20.1 Å². The van der Waals surface area contributed by atoms with Crippen LogP contribution in [-0.4, -0.2) is 35.5 Å². The van der Waals surface area contributed by atoms with Crippen molar-refractivity contribution in [1.29, 1.82) is 0 Å². The molecule has 0 radical (unpaired) electrons. The van der Waals surface area contributed by atoms with Gasteiger partial charge in [0.25, 0.3) is 5.69 Å². The normalized spacial score (nSPS) is 18.9. The minimum absolute atomic E-state index is 0.196. The van der Waals surface area contributed by atoms with Crippen LogP contribution in [-0.2, 0) is 6.54 Å². The highest BCUT2D eigenvalue weighted by molar-refractivity contribution is 9.10. The summed E-state index contributed by atoms with van der Waals surface area (Å²) in [6, 6.07) is 5.29. The molecule has 2 rings (SSSR count). The van der Waals surface area contributed by atoms with Crippen molar-refractivity contribution in [3.05, 3.63) is 38.3 Å². The summed E-state index contributed by atoms with van der Waals surface area (Å²) in [7, 11) is 2.00. The maximum Gasteiger partial charge on any atom is 0.275 e. The largest absolute Gasteiger partial charge is 0.314 e. The molecule has 0 aromatic heterocycles. The van der Waals surface area contributed by atoms with E-state index in [9.17, 15) is 10.1 Å². The van der Waals surface area contributed by atoms with Gasteiger partial charge in [-0.05, 0) is 38.9 Å². The van der Waals surface area contributed by atoms with Gasteiger partial charge in [-0.15, -0.1) is 0 Å². The molecule has 1 aliphatic heterocycles. The average Bonchev–Trinajstić information content (AvgIpc) is 2.43. The first-order valence-corrected chi connectivity index (χ1v) is 7.57. The van der Waals surface area contributed by atoms with Gasteiger partial charge in [0.05, 0.1) is 4.92 Å². The first kappa shape index (κ1) is 15.4. The summed E-state index contributed by atoms with van der Waals surface area (Å²) in [6.07, 6.45) is 2.13. The zero-order chi connectivity index (χ0) is 14.8. The summed E-state index contributed by atoms with van der Waals surface area (Å²) in [4.78, 5) is 13.1. The maximum atomic E-state index is 11.1. The monoisotopic (exact) mass is 341 g/mol. The zero-order valence-electron chi connectivity index (χ0n) is 11.9. The van der Waals surface area contributed by atoms with Crippen LogP contribution < -0.4 is 5.32 Å². The minimum Gasteiger partial charge on any atom is -0.314 e. The lowest BCUT2D eigenvalue weighted by Gasteiger charge is -2.39. The van der Waals surface area contributed by atoms with Gasteiger partial charge in [-0.25, -0.2) is 0 Å². The van der Waals surface area contributed by atoms with E-state index in [1.807, 2.05) is 19.2 Å². The van der Waals surface area contributed by atoms with E-state index in [0.717, 1.165) is 36.0 Å². The van der Waals surface area contributed by atoms with Crippen molar-refractivity contribution in [1.82, 2.24) is 10.2 Å². The number of nitrogens with one attached hydrogen (secondary N) is 1. The van der Waals surface area contributed by atoms with Crippen LogP contribution in [0, 0.1) is 10.1 Å². The molecule has 0 saturated carbocycles. The topological polar surface area (TPSA) is 58.4 Å². The van der Waals surface area contributed by atoms with E-state index in [4.69, 9.17) is 0 Å². The lowest BCUT2D eigenvalue weighted by Crippen LogP contribution is -2.49. The Morgan fingerprint density at radius 2 is 2.10 bits per heavy atom. The predicted octanol–water partition coefficient (Wildman–Crippen LogP) is 2.93. The highest BCUT2D eigenvalue weighted by atomic mass is 79.9. The van der Waals surface area contributed by atoms with Crippen LogP contribution in [0.4, 0.5) is 5.69 Å². The number of nitrogens with zero attached hydrogens (tertiary/aromatic N) is 2. The second kappa shape index (κ2) is 6.20. The van der Waals surface area contributed by atoms with Crippen molar-refractivity contribution >= 4 is 21.6 Å². The summed E-state index contributed by atoms with van der Waals surface area (Å²) in [5, 5.41) is 14.5. The van der Waals surface area contributed by atoms with Gasteiger partial charge < -0.3 is 5.32 Å². The van der Waals surface area contributed by atoms with Gasteiger partial charge in [0.2, 0.25) is 0 Å². The SMILES string of the molecule is CNC1(C)CCN(Cc2ccc(Br)cc2[N+](=O)[O-])CC1. The Morgan fingerprint density at radius 1 is 1.45 bits per heavy atom. The fraction of sp³-hybridized carbons (Fsp3) is 0.571. The fourth-order valence-corrected chi connectivity index (χ4v) is 2.89. The van der Waals surface area contributed by atoms with E-state index >= 15 is 0 Å². The van der Waals surface area contributed by atoms with E-state index in [1.165, 1.54) is 0 Å². The molecule has 1 aromatic rings. The molecular weight excluding hydrogens is 322 g/mol. The van der Waals surface area contributed by atoms with Crippen LogP contribution in [0.2, 0.25) is 0 Å². The Labute approximate surface area is 127 Å². The molecule has 1 fully saturated rings. The minimum atomic E-state index is -0.304. The number of nitro groups is 1. The molecule has 6 heteroatoms. The van der Waals surface area contributed by atoms with Gasteiger partial charge in [0, 0.05) is 41.3 Å². The molecule has 5 nitrogen and oxygen atoms in total. The Balaban J connectivity index is 2.06. The van der Waals surface area contributed by atoms with E-state index in [1.54, 1.807) is 6.07 Å². The average molecular weight is 342 g/mol. The Kier molecular flexibility index (Phi) is 4.78. The van der Waals surface area contributed by atoms with Crippen LogP contribution in [0.3, 0.4) is 0 Å². The zero-order valence-corrected chi connectivity index (χ0v) is 13.4. The molecule has 110 valence electrons. The van der Waals surface area contributed by atoms with E-state index in [2.05, 4.69) is 33.1 Å². The summed E-state index contributed by atoms with van der Waals surface area (Å²) in [5.74, 6) is 0. The number of benzene rings is 1. The van der Waals surface area contributed by atoms with Crippen LogP contribution >= 0.6 is 15.9 Å². The van der Waals surface area contributed by atoms with Crippen molar-refractivity contribution in [3.8, 4) is 0 Å². The molecule has 1 aromatic carbocycles. The Hall–Kier alpha value is -0.980. The molecule has 0 aliphatic carbocycles. The molecule has 0 spiro atoms. The van der Waals surface area contributed by atoms with Gasteiger partial charge in [-0.2, -0.15) is 0 Å². The van der Waals surface area contributed by atoms with Crippen LogP contribution in [0.15, 0.2) is 22.7 Å². The molecule has 0 amide bonds. The quantitative estimate of drug-likeness (QED) is 0.675. The first-order valence-electron chi connectivity index (χ1n) is 6.78. The summed E-state index contributed by atoms with van der Waals surface area (Å²) >= 11 is 3.29. The smallest absolute Gasteiger partial charge is 0.275 e. The van der Waals surface area contributed by atoms with Crippen molar-refractivity contribution < 1.29 is 4.92 Å². The van der Waals surface area contributed by atoms with Crippen molar-refractivity contribution in [2.24, 2.45) is 0 Å². The number of halogens is 1. The number of rotatable bonds is 4. The summed E-state index contributed by atoms with van der Waals surface area (Å²) in [5.41, 5.74) is 1.18. The number of likely N-dealkylation sites (tertiary alicyclic amines) is 1.